The molecule has 19 N–H and O–H groups in total. The second kappa shape index (κ2) is 56.8. The predicted molar refractivity (Wildman–Crippen MR) is 426 cm³/mol. The topological polar surface area (TPSA) is 518 Å². The molecule has 0 radical (unpaired) electrons. The molecule has 0 aromatic carbocycles. The summed E-state index contributed by atoms with van der Waals surface area (Å²) < 4.78 is 30.6. The number of esters is 2. The molecule has 33 heteroatoms. The molecule has 2 bridgehead atoms. The number of unbranched alkanes of at least 4 members (excludes halogenated alkanes) is 24. The van der Waals surface area contributed by atoms with Gasteiger partial charge in [0.15, 0.2) is 18.0 Å². The number of ether oxygens (including phenoxy) is 3. The molecule has 32 nitrogen and oxygen atoms in total. The molecule has 3 aliphatic carbocycles. The van der Waals surface area contributed by atoms with Gasteiger partial charge in [0, 0.05) is 85.4 Å². The maximum Gasteiger partial charge on any atom is 0.328 e. The number of guanidine groups is 2. The number of hydrogen-bond acceptors (Lipinski definition) is 20. The molecule has 1 aromatic heterocycles. The lowest BCUT2D eigenvalue weighted by Gasteiger charge is -2.56. The van der Waals surface area contributed by atoms with Gasteiger partial charge in [-0.2, -0.15) is 0 Å². The number of nitrogens with two attached hydrogens (primary N) is 4. The molecule has 6 amide bonds. The van der Waals surface area contributed by atoms with Crippen molar-refractivity contribution in [3.8, 4) is 0 Å². The minimum Gasteiger partial charge on any atom is -0.480 e. The summed E-state index contributed by atoms with van der Waals surface area (Å²) in [6.07, 6.45) is 33.9. The van der Waals surface area contributed by atoms with E-state index in [2.05, 4.69) is 71.0 Å². The van der Waals surface area contributed by atoms with Crippen molar-refractivity contribution in [3.05, 3.63) is 18.2 Å². The zero-order valence-electron chi connectivity index (χ0n) is 67.2. The zero-order chi connectivity index (χ0) is 81.8. The van der Waals surface area contributed by atoms with E-state index in [0.29, 0.717) is 44.2 Å². The van der Waals surface area contributed by atoms with E-state index < -0.39 is 130 Å². The number of nitrogens with one attached hydrogen (secondary N) is 8. The number of carboxylic acid groups (broad SMARTS) is 1. The minimum absolute atomic E-state index is 0.0123. The Morgan fingerprint density at radius 1 is 0.559 bits per heavy atom. The molecule has 3 fully saturated rings. The van der Waals surface area contributed by atoms with Crippen molar-refractivity contribution in [1.29, 1.82) is 0 Å². The number of aliphatic carboxylic acids is 1. The molecule has 0 spiro atoms. The van der Waals surface area contributed by atoms with Crippen LogP contribution in [-0.4, -0.2) is 211 Å². The molecule has 111 heavy (non-hydrogen) atoms. The first kappa shape index (κ1) is 97.8. The van der Waals surface area contributed by atoms with Crippen molar-refractivity contribution in [1.82, 2.24) is 47.2 Å². The summed E-state index contributed by atoms with van der Waals surface area (Å²) in [6, 6.07) is -10.3. The average Bonchev–Trinajstić information content (AvgIpc) is 0.773. The highest BCUT2D eigenvalue weighted by Gasteiger charge is 2.56. The van der Waals surface area contributed by atoms with Crippen molar-refractivity contribution in [3.63, 3.8) is 0 Å². The molecule has 10 unspecified atom stereocenters. The number of hydrogen-bond donors (Lipinski definition) is 15. The molecular formula is C78H139N15O17S. The molecular weight excluding hydrogens is 1450 g/mol. The van der Waals surface area contributed by atoms with Gasteiger partial charge >= 0.3 is 17.9 Å². The number of aliphatic imine (C=N–C) groups is 2. The molecule has 3 aliphatic rings. The fourth-order valence-electron chi connectivity index (χ4n) is 14.0. The number of H-pyrrole nitrogens is 1. The van der Waals surface area contributed by atoms with Crippen LogP contribution >= 0.6 is 0 Å². The van der Waals surface area contributed by atoms with E-state index in [4.69, 9.17) is 37.1 Å². The zero-order valence-corrected chi connectivity index (χ0v) is 68.0. The number of aliphatic hydroxyl groups is 2. The Bertz CT molecular complexity index is 2990. The average molecular weight is 1590 g/mol. The largest absolute Gasteiger partial charge is 0.480 e. The van der Waals surface area contributed by atoms with Crippen LogP contribution in [0.5, 0.6) is 0 Å². The van der Waals surface area contributed by atoms with E-state index in [1.165, 1.54) is 141 Å². The van der Waals surface area contributed by atoms with Crippen molar-refractivity contribution in [2.45, 2.75) is 357 Å². The number of nitrogens with zero attached hydrogens (tertiary/aromatic N) is 3. The quantitative estimate of drug-likeness (QED) is 0.0168. The van der Waals surface area contributed by atoms with Crippen LogP contribution in [0.25, 0.3) is 0 Å². The van der Waals surface area contributed by atoms with Crippen LogP contribution in [0, 0.1) is 0 Å². The third-order valence-corrected chi connectivity index (χ3v) is 21.5. The summed E-state index contributed by atoms with van der Waals surface area (Å²) in [5.74, 6) is -8.83. The first-order chi connectivity index (χ1) is 53.1. The third-order valence-electron chi connectivity index (χ3n) is 20.7. The first-order valence-electron chi connectivity index (χ1n) is 41.1. The fraction of sp³-hybridized carbons (Fsp3) is 0.808. The lowest BCUT2D eigenvalue weighted by Crippen LogP contribution is -2.69. The van der Waals surface area contributed by atoms with Crippen molar-refractivity contribution in [2.24, 2.45) is 32.9 Å². The Labute approximate surface area is 660 Å². The Hall–Kier alpha value is -7.36. The van der Waals surface area contributed by atoms with Crippen LogP contribution < -0.4 is 60.2 Å². The Kier molecular flexibility index (Phi) is 50.1. The molecule has 3 saturated carbocycles. The van der Waals surface area contributed by atoms with Gasteiger partial charge in [-0.3, -0.25) is 57.9 Å². The predicted octanol–water partition coefficient (Wildman–Crippen LogP) is 5.41. The summed E-state index contributed by atoms with van der Waals surface area (Å²) in [5.41, 5.74) is 20.9. The number of aliphatic hydroxyl groups excluding tert-OH is 2. The summed E-state index contributed by atoms with van der Waals surface area (Å²) in [7, 11) is -1.50. The Morgan fingerprint density at radius 2 is 0.973 bits per heavy atom. The smallest absolute Gasteiger partial charge is 0.328 e. The number of carboxylic acids is 1. The second-order valence-electron chi connectivity index (χ2n) is 30.4. The number of ketones is 1. The Balaban J connectivity index is 1.78. The van der Waals surface area contributed by atoms with Crippen LogP contribution in [0.4, 0.5) is 0 Å². The van der Waals surface area contributed by atoms with E-state index in [0.717, 1.165) is 38.5 Å². The Morgan fingerprint density at radius 3 is 1.38 bits per heavy atom. The second-order valence-corrected chi connectivity index (χ2v) is 31.9. The number of rotatable bonds is 66. The van der Waals surface area contributed by atoms with Crippen molar-refractivity contribution >= 4 is 81.9 Å². The highest BCUT2D eigenvalue weighted by Crippen LogP contribution is 2.49. The lowest BCUT2D eigenvalue weighted by atomic mass is 9.61. The van der Waals surface area contributed by atoms with E-state index in [1.807, 2.05) is 0 Å². The van der Waals surface area contributed by atoms with Crippen LogP contribution in [0.3, 0.4) is 0 Å². The normalized spacial score (nSPS) is 18.2. The van der Waals surface area contributed by atoms with E-state index >= 15 is 0 Å². The first-order valence-corrected chi connectivity index (χ1v) is 42.9. The van der Waals surface area contributed by atoms with Crippen LogP contribution in [0.1, 0.15) is 290 Å². The number of carbonyl (C=O) groups excluding carboxylic acids is 9. The van der Waals surface area contributed by atoms with Crippen molar-refractivity contribution in [2.75, 3.05) is 44.9 Å². The molecule has 4 rings (SSSR count). The molecule has 1 aromatic rings. The van der Waals surface area contributed by atoms with Crippen molar-refractivity contribution < 1.29 is 81.7 Å². The van der Waals surface area contributed by atoms with Gasteiger partial charge in [0.05, 0.1) is 37.3 Å². The van der Waals surface area contributed by atoms with Gasteiger partial charge in [-0.15, -0.1) is 0 Å². The highest BCUT2D eigenvalue weighted by molar-refractivity contribution is 7.84. The maximum atomic E-state index is 14.7. The van der Waals surface area contributed by atoms with Gasteiger partial charge < -0.3 is 94.1 Å². The molecule has 0 aliphatic heterocycles. The van der Waals surface area contributed by atoms with E-state index in [9.17, 15) is 67.5 Å². The van der Waals surface area contributed by atoms with E-state index in [1.54, 1.807) is 6.92 Å². The highest BCUT2D eigenvalue weighted by atomic mass is 32.2. The van der Waals surface area contributed by atoms with Gasteiger partial charge in [0.1, 0.15) is 48.6 Å². The van der Waals surface area contributed by atoms with Gasteiger partial charge in [0.2, 0.25) is 35.4 Å². The van der Waals surface area contributed by atoms with Gasteiger partial charge in [-0.25, -0.2) is 9.78 Å². The minimum atomic E-state index is -1.76. The molecule has 10 atom stereocenters. The van der Waals surface area contributed by atoms with Crippen LogP contribution in [0.2, 0.25) is 0 Å². The van der Waals surface area contributed by atoms with E-state index in [-0.39, 0.29) is 126 Å². The fourth-order valence-corrected chi connectivity index (χ4v) is 14.6. The van der Waals surface area contributed by atoms with Gasteiger partial charge in [-0.1, -0.05) is 168 Å². The summed E-state index contributed by atoms with van der Waals surface area (Å²) >= 11 is 0. The third kappa shape index (κ3) is 42.4. The number of amides is 6. The van der Waals surface area contributed by atoms with Crippen LogP contribution in [-0.2, 0) is 79.4 Å². The summed E-state index contributed by atoms with van der Waals surface area (Å²) in [6.45, 7) is 6.03. The number of aromatic amines is 1. The standard InChI is InChI=1S/C78H139N15O17S/c1-6-8-10-12-14-16-18-20-22-24-26-28-30-36-66(97)108-52-58(110-67(98)37-31-29-27-25-23-21-19-17-15-13-11-9-7-2)53-109-77-41-43-78(44-42-77,65(96)49-77)93-56(4)68(99)91-63(48-57-50-83-54-86-57)73(104)88-60(35-33-46-85-76(81)82)69(100)89-61(39-38-55(3)95)71(102)87-59(34-32-45-84-75(79)80)70(101)90-62(40-47-111(5)107)72(103)92-64(51-94)74(105)106/h50,54,56,58-65,93-94,96H,6-49,51-53H2,1-5H3,(H,83,86)(H,87,102)(H,88,104)(H,89,100)(H,90,101)(H,91,99)(H,92,103)(H,105,106)(H4,79,80,84)(H4,81,82,85). The number of Topliss-reactive ketones (excluding diaryl/α,β-unsaturated/α-hetero) is 1. The molecule has 1 heterocycles. The molecule has 634 valence electrons. The number of fused-ring (bicyclic) bond motifs is 3. The summed E-state index contributed by atoms with van der Waals surface area (Å²) in [4.78, 5) is 152. The molecule has 0 saturated heterocycles. The number of aromatic nitrogens is 2. The van der Waals surface area contributed by atoms with Gasteiger partial charge in [0.25, 0.3) is 0 Å². The maximum absolute atomic E-state index is 14.7. The number of imidazole rings is 1. The lowest BCUT2D eigenvalue weighted by molar-refractivity contribution is -0.193. The van der Waals surface area contributed by atoms with Gasteiger partial charge in [-0.05, 0) is 90.9 Å². The SMILES string of the molecule is CCCCCCCCCCCCCCCC(=O)OCC(COC12CCC(NC(C)C(=O)NC(Cc3cnc[nH]3)C(=O)NC(CCCN=C(N)N)C(=O)NC(CCC(C)=O)C(=O)NC(CCCN=C(N)N)C(=O)NC(CCS(C)=O)C(=O)NC(CO)C(=O)O)(CC1)C(O)C2)OC(=O)CCCCCCCCCCCCCCC. The number of carbonyl (C=O) groups is 10. The summed E-state index contributed by atoms with van der Waals surface area (Å²) in [5, 5.41) is 49.9. The monoisotopic (exact) mass is 1590 g/mol. The van der Waals surface area contributed by atoms with Crippen LogP contribution in [0.15, 0.2) is 22.5 Å².